The molecule has 0 radical (unpaired) electrons. The van der Waals surface area contributed by atoms with E-state index in [1.54, 1.807) is 12.4 Å². The molecule has 0 saturated heterocycles. The fourth-order valence-electron chi connectivity index (χ4n) is 1.47. The van der Waals surface area contributed by atoms with Gasteiger partial charge in [-0.05, 0) is 6.08 Å². The Hall–Kier alpha value is -1.66. The van der Waals surface area contributed by atoms with Crippen LogP contribution in [0.15, 0.2) is 16.8 Å². The minimum absolute atomic E-state index is 0.0367. The van der Waals surface area contributed by atoms with E-state index in [1.165, 1.54) is 11.3 Å². The summed E-state index contributed by atoms with van der Waals surface area (Å²) in [5.41, 5.74) is -0.0367. The first kappa shape index (κ1) is 14.7. The van der Waals surface area contributed by atoms with Gasteiger partial charge < -0.3 is 14.8 Å². The highest BCUT2D eigenvalue weighted by molar-refractivity contribution is 7.16. The first-order valence-corrected chi connectivity index (χ1v) is 7.25. The average Bonchev–Trinajstić information content (AvgIpc) is 3.02. The minimum atomic E-state index is -0.0367. The van der Waals surface area contributed by atoms with Crippen molar-refractivity contribution in [3.8, 4) is 0 Å². The number of hydrogen-bond donors (Lipinski definition) is 2. The average molecular weight is 293 g/mol. The van der Waals surface area contributed by atoms with Crippen LogP contribution in [0.2, 0.25) is 0 Å². The van der Waals surface area contributed by atoms with E-state index in [-0.39, 0.29) is 12.0 Å². The third kappa shape index (κ3) is 3.91. The number of hydrogen-bond acceptors (Lipinski definition) is 6. The third-order valence-corrected chi connectivity index (χ3v) is 3.48. The molecule has 108 valence electrons. The van der Waals surface area contributed by atoms with Crippen LogP contribution in [0.3, 0.4) is 0 Å². The summed E-state index contributed by atoms with van der Waals surface area (Å²) in [6, 6.07) is 0. The number of nitrogens with zero attached hydrogens (tertiary/aromatic N) is 2. The van der Waals surface area contributed by atoms with Crippen LogP contribution in [0.5, 0.6) is 0 Å². The van der Waals surface area contributed by atoms with Gasteiger partial charge in [-0.2, -0.15) is 0 Å². The van der Waals surface area contributed by atoms with Crippen LogP contribution in [0.25, 0.3) is 12.2 Å². The van der Waals surface area contributed by atoms with Crippen LogP contribution in [-0.2, 0) is 5.41 Å². The van der Waals surface area contributed by atoms with Crippen LogP contribution in [0.4, 0.5) is 5.13 Å². The van der Waals surface area contributed by atoms with E-state index in [4.69, 9.17) is 9.52 Å². The SMILES string of the molecule is CC(C)(C)c1cnc(C=Cc2cnc(NCCO)s2)o1. The van der Waals surface area contributed by atoms with Crippen molar-refractivity contribution in [2.24, 2.45) is 0 Å². The van der Waals surface area contributed by atoms with Crippen LogP contribution >= 0.6 is 11.3 Å². The molecule has 0 fully saturated rings. The predicted octanol–water partition coefficient (Wildman–Crippen LogP) is 3.00. The zero-order valence-corrected chi connectivity index (χ0v) is 12.7. The number of oxazole rings is 1. The number of thiazole rings is 1. The number of anilines is 1. The lowest BCUT2D eigenvalue weighted by atomic mass is 9.94. The Balaban J connectivity index is 2.02. The summed E-state index contributed by atoms with van der Waals surface area (Å²) in [5, 5.41) is 12.5. The molecule has 20 heavy (non-hydrogen) atoms. The first-order valence-electron chi connectivity index (χ1n) is 6.44. The Bertz CT molecular complexity index is 581. The molecule has 2 aromatic rings. The number of rotatable bonds is 5. The Kier molecular flexibility index (Phi) is 4.57. The first-order chi connectivity index (χ1) is 9.49. The van der Waals surface area contributed by atoms with Gasteiger partial charge in [0.15, 0.2) is 5.13 Å². The summed E-state index contributed by atoms with van der Waals surface area (Å²) in [6.45, 7) is 6.86. The van der Waals surface area contributed by atoms with Gasteiger partial charge in [0.25, 0.3) is 0 Å². The zero-order valence-electron chi connectivity index (χ0n) is 11.9. The highest BCUT2D eigenvalue weighted by Crippen LogP contribution is 2.24. The molecule has 0 saturated carbocycles. The normalized spacial score (nSPS) is 12.2. The number of aliphatic hydroxyl groups is 1. The summed E-state index contributed by atoms with van der Waals surface area (Å²) in [4.78, 5) is 9.44. The van der Waals surface area contributed by atoms with Crippen molar-refractivity contribution in [2.75, 3.05) is 18.5 Å². The molecule has 0 unspecified atom stereocenters. The van der Waals surface area contributed by atoms with Crippen LogP contribution in [0.1, 0.15) is 37.3 Å². The van der Waals surface area contributed by atoms with Crippen molar-refractivity contribution in [1.29, 1.82) is 0 Å². The molecule has 5 nitrogen and oxygen atoms in total. The van der Waals surface area contributed by atoms with E-state index >= 15 is 0 Å². The van der Waals surface area contributed by atoms with Crippen LogP contribution < -0.4 is 5.32 Å². The Morgan fingerprint density at radius 3 is 2.75 bits per heavy atom. The summed E-state index contributed by atoms with van der Waals surface area (Å²) >= 11 is 1.51. The molecule has 6 heteroatoms. The predicted molar refractivity (Wildman–Crippen MR) is 81.8 cm³/mol. The quantitative estimate of drug-likeness (QED) is 0.886. The van der Waals surface area contributed by atoms with E-state index in [1.807, 2.05) is 12.2 Å². The summed E-state index contributed by atoms with van der Waals surface area (Å²) < 4.78 is 5.68. The van der Waals surface area contributed by atoms with Gasteiger partial charge in [-0.1, -0.05) is 32.1 Å². The molecule has 0 aliphatic carbocycles. The number of aliphatic hydroxyl groups excluding tert-OH is 1. The lowest BCUT2D eigenvalue weighted by Gasteiger charge is -2.12. The van der Waals surface area contributed by atoms with Gasteiger partial charge in [0, 0.05) is 29.1 Å². The summed E-state index contributed by atoms with van der Waals surface area (Å²) in [6.07, 6.45) is 7.29. The zero-order chi connectivity index (χ0) is 14.6. The van der Waals surface area contributed by atoms with E-state index in [0.29, 0.717) is 12.4 Å². The maximum atomic E-state index is 8.73. The molecular formula is C14H19N3O2S. The maximum absolute atomic E-state index is 8.73. The van der Waals surface area contributed by atoms with E-state index in [0.717, 1.165) is 15.8 Å². The van der Waals surface area contributed by atoms with Crippen molar-refractivity contribution in [1.82, 2.24) is 9.97 Å². The molecule has 0 amide bonds. The monoisotopic (exact) mass is 293 g/mol. The van der Waals surface area contributed by atoms with E-state index < -0.39 is 0 Å². The summed E-state index contributed by atoms with van der Waals surface area (Å²) in [5.74, 6) is 1.46. The molecule has 2 N–H and O–H groups in total. The molecule has 0 bridgehead atoms. The van der Waals surface area contributed by atoms with Gasteiger partial charge in [-0.3, -0.25) is 0 Å². The molecular weight excluding hydrogens is 274 g/mol. The molecule has 2 rings (SSSR count). The highest BCUT2D eigenvalue weighted by atomic mass is 32.1. The molecule has 0 spiro atoms. The van der Waals surface area contributed by atoms with Crippen LogP contribution in [0, 0.1) is 0 Å². The standard InChI is InChI=1S/C14H19N3O2S/c1-14(2,3)11-9-16-12(19-11)5-4-10-8-17-13(20-10)15-6-7-18/h4-5,8-9,18H,6-7H2,1-3H3,(H,15,17). The van der Waals surface area contributed by atoms with Crippen molar-refractivity contribution in [2.45, 2.75) is 26.2 Å². The van der Waals surface area contributed by atoms with Crippen molar-refractivity contribution >= 4 is 28.6 Å². The second-order valence-corrected chi connectivity index (χ2v) is 6.43. The molecule has 2 heterocycles. The maximum Gasteiger partial charge on any atom is 0.218 e. The van der Waals surface area contributed by atoms with Crippen LogP contribution in [-0.4, -0.2) is 28.2 Å². The fraction of sp³-hybridized carbons (Fsp3) is 0.429. The van der Waals surface area contributed by atoms with Gasteiger partial charge >= 0.3 is 0 Å². The Labute approximate surface area is 122 Å². The minimum Gasteiger partial charge on any atom is -0.441 e. The highest BCUT2D eigenvalue weighted by Gasteiger charge is 2.18. The smallest absolute Gasteiger partial charge is 0.218 e. The largest absolute Gasteiger partial charge is 0.441 e. The third-order valence-electron chi connectivity index (χ3n) is 2.56. The van der Waals surface area contributed by atoms with E-state index in [2.05, 4.69) is 36.1 Å². The van der Waals surface area contributed by atoms with Crippen molar-refractivity contribution in [3.63, 3.8) is 0 Å². The second-order valence-electron chi connectivity index (χ2n) is 5.36. The van der Waals surface area contributed by atoms with Gasteiger partial charge in [0.1, 0.15) is 5.76 Å². The topological polar surface area (TPSA) is 71.2 Å². The second kappa shape index (κ2) is 6.19. The Morgan fingerprint density at radius 1 is 1.30 bits per heavy atom. The molecule has 0 aliphatic rings. The molecule has 2 aromatic heterocycles. The van der Waals surface area contributed by atoms with Gasteiger partial charge in [0.2, 0.25) is 5.89 Å². The molecule has 0 aliphatic heterocycles. The molecule has 0 aromatic carbocycles. The van der Waals surface area contributed by atoms with Gasteiger partial charge in [0.05, 0.1) is 12.8 Å². The number of aromatic nitrogens is 2. The Morgan fingerprint density at radius 2 is 2.10 bits per heavy atom. The molecule has 0 atom stereocenters. The number of nitrogens with one attached hydrogen (secondary N) is 1. The lowest BCUT2D eigenvalue weighted by molar-refractivity contribution is 0.311. The lowest BCUT2D eigenvalue weighted by Crippen LogP contribution is -2.09. The van der Waals surface area contributed by atoms with E-state index in [9.17, 15) is 0 Å². The van der Waals surface area contributed by atoms with Gasteiger partial charge in [-0.15, -0.1) is 0 Å². The van der Waals surface area contributed by atoms with Crippen molar-refractivity contribution < 1.29 is 9.52 Å². The summed E-state index contributed by atoms with van der Waals surface area (Å²) in [7, 11) is 0. The van der Waals surface area contributed by atoms with Crippen molar-refractivity contribution in [3.05, 3.63) is 28.9 Å². The van der Waals surface area contributed by atoms with Gasteiger partial charge in [-0.25, -0.2) is 9.97 Å². The fourth-order valence-corrected chi connectivity index (χ4v) is 2.22.